The van der Waals surface area contributed by atoms with Gasteiger partial charge in [-0.3, -0.25) is 14.4 Å². The Bertz CT molecular complexity index is 1440. The first-order valence-electron chi connectivity index (χ1n) is 10.2. The molecule has 0 spiro atoms. The van der Waals surface area contributed by atoms with Crippen molar-refractivity contribution in [1.82, 2.24) is 0 Å². The average molecular weight is 453 g/mol. The minimum Gasteiger partial charge on any atom is -0.397 e. The molecular weight excluding hydrogens is 436 g/mol. The Hall–Kier alpha value is -4.22. The molecule has 0 aliphatic heterocycles. The number of fused-ring (bicyclic) bond motifs is 2. The van der Waals surface area contributed by atoms with Gasteiger partial charge in [0.25, 0.3) is 5.91 Å². The SMILES string of the molecule is Nc1c(Cl)cc(NC(=O)c2ccc(-c3ccccc3)cc2)c2c1C(=O)c1ccccc1C2=O. The van der Waals surface area contributed by atoms with Crippen molar-refractivity contribution < 1.29 is 14.4 Å². The quantitative estimate of drug-likeness (QED) is 0.348. The van der Waals surface area contributed by atoms with Crippen molar-refractivity contribution >= 4 is 40.4 Å². The average Bonchev–Trinajstić information content (AvgIpc) is 2.85. The first-order chi connectivity index (χ1) is 16.0. The predicted molar refractivity (Wildman–Crippen MR) is 129 cm³/mol. The van der Waals surface area contributed by atoms with Gasteiger partial charge in [-0.05, 0) is 29.3 Å². The summed E-state index contributed by atoms with van der Waals surface area (Å²) in [6.45, 7) is 0. The lowest BCUT2D eigenvalue weighted by Gasteiger charge is -2.22. The molecule has 1 aliphatic carbocycles. The van der Waals surface area contributed by atoms with Crippen LogP contribution in [0, 0.1) is 0 Å². The second-order valence-electron chi connectivity index (χ2n) is 7.67. The number of anilines is 2. The lowest BCUT2D eigenvalue weighted by Crippen LogP contribution is -2.25. The Morgan fingerprint density at radius 2 is 1.27 bits per heavy atom. The number of hydrogen-bond donors (Lipinski definition) is 2. The van der Waals surface area contributed by atoms with Crippen molar-refractivity contribution in [2.45, 2.75) is 0 Å². The van der Waals surface area contributed by atoms with Crippen molar-refractivity contribution in [2.75, 3.05) is 11.1 Å². The molecule has 5 rings (SSSR count). The summed E-state index contributed by atoms with van der Waals surface area (Å²) in [7, 11) is 0. The molecule has 160 valence electrons. The second kappa shape index (κ2) is 8.04. The highest BCUT2D eigenvalue weighted by molar-refractivity contribution is 6.38. The molecule has 0 fully saturated rings. The van der Waals surface area contributed by atoms with Gasteiger partial charge in [-0.15, -0.1) is 0 Å². The molecule has 0 saturated carbocycles. The van der Waals surface area contributed by atoms with Gasteiger partial charge in [0, 0.05) is 16.7 Å². The summed E-state index contributed by atoms with van der Waals surface area (Å²) < 4.78 is 0. The highest BCUT2D eigenvalue weighted by atomic mass is 35.5. The number of ketones is 2. The fourth-order valence-electron chi connectivity index (χ4n) is 4.02. The van der Waals surface area contributed by atoms with E-state index >= 15 is 0 Å². The maximum absolute atomic E-state index is 13.3. The zero-order valence-electron chi connectivity index (χ0n) is 17.3. The van der Waals surface area contributed by atoms with Crippen LogP contribution in [0.2, 0.25) is 5.02 Å². The van der Waals surface area contributed by atoms with E-state index in [2.05, 4.69) is 5.32 Å². The molecule has 4 aromatic carbocycles. The highest BCUT2D eigenvalue weighted by Crippen LogP contribution is 2.39. The third kappa shape index (κ3) is 3.49. The molecule has 3 N–H and O–H groups in total. The lowest BCUT2D eigenvalue weighted by atomic mass is 9.82. The van der Waals surface area contributed by atoms with Crippen LogP contribution in [0.5, 0.6) is 0 Å². The smallest absolute Gasteiger partial charge is 0.255 e. The summed E-state index contributed by atoms with van der Waals surface area (Å²) in [5.74, 6) is -1.22. The van der Waals surface area contributed by atoms with Crippen LogP contribution in [0.4, 0.5) is 11.4 Å². The minimum absolute atomic E-state index is 0.0147. The molecule has 1 aliphatic rings. The van der Waals surface area contributed by atoms with E-state index in [1.165, 1.54) is 6.07 Å². The van der Waals surface area contributed by atoms with Gasteiger partial charge >= 0.3 is 0 Å². The molecule has 0 unspecified atom stereocenters. The van der Waals surface area contributed by atoms with E-state index in [4.69, 9.17) is 17.3 Å². The van der Waals surface area contributed by atoms with Gasteiger partial charge < -0.3 is 11.1 Å². The number of carbonyl (C=O) groups is 3. The number of halogens is 1. The molecule has 1 amide bonds. The van der Waals surface area contributed by atoms with Gasteiger partial charge in [0.05, 0.1) is 27.5 Å². The molecule has 0 bridgehead atoms. The van der Waals surface area contributed by atoms with Crippen molar-refractivity contribution in [2.24, 2.45) is 0 Å². The zero-order valence-corrected chi connectivity index (χ0v) is 18.0. The first kappa shape index (κ1) is 20.7. The summed E-state index contributed by atoms with van der Waals surface area (Å²) in [5.41, 5.74) is 9.23. The van der Waals surface area contributed by atoms with E-state index in [0.29, 0.717) is 5.56 Å². The van der Waals surface area contributed by atoms with Gasteiger partial charge in [0.2, 0.25) is 0 Å². The monoisotopic (exact) mass is 452 g/mol. The van der Waals surface area contributed by atoms with Gasteiger partial charge in [0.1, 0.15) is 0 Å². The molecule has 0 atom stereocenters. The number of carbonyl (C=O) groups excluding carboxylic acids is 3. The van der Waals surface area contributed by atoms with E-state index in [1.54, 1.807) is 36.4 Å². The number of rotatable bonds is 3. The number of benzene rings is 4. The largest absolute Gasteiger partial charge is 0.397 e. The third-order valence-electron chi connectivity index (χ3n) is 5.69. The molecule has 5 nitrogen and oxygen atoms in total. The Morgan fingerprint density at radius 3 is 1.91 bits per heavy atom. The summed E-state index contributed by atoms with van der Waals surface area (Å²) in [4.78, 5) is 39.4. The van der Waals surface area contributed by atoms with Crippen molar-refractivity contribution in [3.05, 3.63) is 118 Å². The predicted octanol–water partition coefficient (Wildman–Crippen LogP) is 5.62. The normalized spacial score (nSPS) is 12.2. The van der Waals surface area contributed by atoms with Crippen LogP contribution < -0.4 is 11.1 Å². The van der Waals surface area contributed by atoms with Crippen LogP contribution in [0.3, 0.4) is 0 Å². The first-order valence-corrected chi connectivity index (χ1v) is 10.6. The van der Waals surface area contributed by atoms with Gasteiger partial charge in [-0.25, -0.2) is 0 Å². The lowest BCUT2D eigenvalue weighted by molar-refractivity contribution is 0.0979. The molecule has 0 radical (unpaired) electrons. The number of amides is 1. The van der Waals surface area contributed by atoms with Crippen molar-refractivity contribution in [3.8, 4) is 11.1 Å². The van der Waals surface area contributed by atoms with Crippen LogP contribution in [-0.2, 0) is 0 Å². The summed E-state index contributed by atoms with van der Waals surface area (Å²) in [6, 6.07) is 24.8. The molecule has 33 heavy (non-hydrogen) atoms. The summed E-state index contributed by atoms with van der Waals surface area (Å²) in [5, 5.41) is 2.83. The molecule has 0 heterocycles. The Labute approximate surface area is 194 Å². The molecule has 0 saturated heterocycles. The topological polar surface area (TPSA) is 89.3 Å². The Balaban J connectivity index is 1.52. The Morgan fingerprint density at radius 1 is 0.727 bits per heavy atom. The highest BCUT2D eigenvalue weighted by Gasteiger charge is 2.34. The van der Waals surface area contributed by atoms with E-state index in [-0.39, 0.29) is 38.7 Å². The fourth-order valence-corrected chi connectivity index (χ4v) is 4.23. The number of nitrogen functional groups attached to an aromatic ring is 1. The van der Waals surface area contributed by atoms with Gasteiger partial charge in [-0.1, -0.05) is 78.3 Å². The fraction of sp³-hybridized carbons (Fsp3) is 0. The van der Waals surface area contributed by atoms with Gasteiger partial charge in [0.15, 0.2) is 11.6 Å². The van der Waals surface area contributed by atoms with Crippen LogP contribution in [0.1, 0.15) is 42.2 Å². The van der Waals surface area contributed by atoms with Crippen LogP contribution in [0.25, 0.3) is 11.1 Å². The van der Waals surface area contributed by atoms with E-state index in [0.717, 1.165) is 11.1 Å². The second-order valence-corrected chi connectivity index (χ2v) is 8.08. The van der Waals surface area contributed by atoms with Crippen molar-refractivity contribution in [1.29, 1.82) is 0 Å². The summed E-state index contributed by atoms with van der Waals surface area (Å²) >= 11 is 6.27. The number of nitrogens with one attached hydrogen (secondary N) is 1. The van der Waals surface area contributed by atoms with Crippen LogP contribution in [0.15, 0.2) is 84.9 Å². The molecule has 4 aromatic rings. The maximum Gasteiger partial charge on any atom is 0.255 e. The third-order valence-corrected chi connectivity index (χ3v) is 6.00. The van der Waals surface area contributed by atoms with E-state index in [9.17, 15) is 14.4 Å². The number of hydrogen-bond acceptors (Lipinski definition) is 4. The van der Waals surface area contributed by atoms with E-state index < -0.39 is 17.5 Å². The Kier molecular flexibility index (Phi) is 5.04. The summed E-state index contributed by atoms with van der Waals surface area (Å²) in [6.07, 6.45) is 0. The maximum atomic E-state index is 13.3. The van der Waals surface area contributed by atoms with Gasteiger partial charge in [-0.2, -0.15) is 0 Å². The minimum atomic E-state index is -0.434. The standard InChI is InChI=1S/C27H17ClN2O3/c28-20-14-21(22-23(24(20)29)26(32)19-9-5-4-8-18(19)25(22)31)30-27(33)17-12-10-16(11-13-17)15-6-2-1-3-7-15/h1-14H,29H2,(H,30,33). The molecule has 6 heteroatoms. The van der Waals surface area contributed by atoms with Crippen LogP contribution in [-0.4, -0.2) is 17.5 Å². The van der Waals surface area contributed by atoms with Crippen molar-refractivity contribution in [3.63, 3.8) is 0 Å². The van der Waals surface area contributed by atoms with Crippen LogP contribution >= 0.6 is 11.6 Å². The molecular formula is C27H17ClN2O3. The number of nitrogens with two attached hydrogens (primary N) is 1. The zero-order chi connectivity index (χ0) is 23.1. The molecule has 0 aromatic heterocycles. The van der Waals surface area contributed by atoms with E-state index in [1.807, 2.05) is 42.5 Å².